The SMILES string of the molecule is COc1ccc2c(c1)C(O)C(N1CC(C)CC(C)C1C)C2. The third-order valence-corrected chi connectivity index (χ3v) is 5.53. The lowest BCUT2D eigenvalue weighted by Crippen LogP contribution is -2.52. The molecular weight excluding hydrogens is 262 g/mol. The highest BCUT2D eigenvalue weighted by Gasteiger charge is 2.40. The third-order valence-electron chi connectivity index (χ3n) is 5.53. The van der Waals surface area contributed by atoms with Gasteiger partial charge in [-0.1, -0.05) is 19.9 Å². The summed E-state index contributed by atoms with van der Waals surface area (Å²) in [5.41, 5.74) is 2.32. The van der Waals surface area contributed by atoms with E-state index in [4.69, 9.17) is 4.74 Å². The molecule has 1 N–H and O–H groups in total. The Balaban J connectivity index is 1.85. The van der Waals surface area contributed by atoms with Crippen LogP contribution in [0, 0.1) is 11.8 Å². The first kappa shape index (κ1) is 14.9. The Morgan fingerprint density at radius 3 is 2.71 bits per heavy atom. The molecule has 0 saturated carbocycles. The first-order valence-electron chi connectivity index (χ1n) is 8.12. The topological polar surface area (TPSA) is 32.7 Å². The van der Waals surface area contributed by atoms with E-state index in [1.807, 2.05) is 12.1 Å². The van der Waals surface area contributed by atoms with Crippen molar-refractivity contribution in [3.63, 3.8) is 0 Å². The summed E-state index contributed by atoms with van der Waals surface area (Å²) in [7, 11) is 1.68. The number of ether oxygens (including phenoxy) is 1. The Labute approximate surface area is 127 Å². The van der Waals surface area contributed by atoms with Crippen molar-refractivity contribution in [1.82, 2.24) is 4.90 Å². The van der Waals surface area contributed by atoms with Crippen LogP contribution in [0.5, 0.6) is 5.75 Å². The fourth-order valence-corrected chi connectivity index (χ4v) is 4.20. The first-order chi connectivity index (χ1) is 10.0. The van der Waals surface area contributed by atoms with E-state index in [0.717, 1.165) is 24.3 Å². The highest BCUT2D eigenvalue weighted by atomic mass is 16.5. The summed E-state index contributed by atoms with van der Waals surface area (Å²) < 4.78 is 5.30. The Morgan fingerprint density at radius 2 is 2.00 bits per heavy atom. The van der Waals surface area contributed by atoms with E-state index >= 15 is 0 Å². The van der Waals surface area contributed by atoms with E-state index in [2.05, 4.69) is 31.7 Å². The van der Waals surface area contributed by atoms with Gasteiger partial charge in [-0.25, -0.2) is 0 Å². The Morgan fingerprint density at radius 1 is 1.24 bits per heavy atom. The summed E-state index contributed by atoms with van der Waals surface area (Å²) in [6, 6.07) is 6.86. The molecule has 5 unspecified atom stereocenters. The van der Waals surface area contributed by atoms with Crippen LogP contribution in [-0.4, -0.2) is 35.7 Å². The predicted molar refractivity (Wildman–Crippen MR) is 84.6 cm³/mol. The highest BCUT2D eigenvalue weighted by Crippen LogP contribution is 2.40. The molecule has 1 heterocycles. The highest BCUT2D eigenvalue weighted by molar-refractivity contribution is 5.42. The van der Waals surface area contributed by atoms with Crippen molar-refractivity contribution < 1.29 is 9.84 Å². The lowest BCUT2D eigenvalue weighted by molar-refractivity contribution is -0.0124. The number of hydrogen-bond donors (Lipinski definition) is 1. The smallest absolute Gasteiger partial charge is 0.119 e. The minimum absolute atomic E-state index is 0.215. The average molecular weight is 289 g/mol. The van der Waals surface area contributed by atoms with Crippen LogP contribution < -0.4 is 4.74 Å². The van der Waals surface area contributed by atoms with Gasteiger partial charge in [0.15, 0.2) is 0 Å². The van der Waals surface area contributed by atoms with Crippen LogP contribution in [0.2, 0.25) is 0 Å². The molecule has 5 atom stereocenters. The molecule has 0 bridgehead atoms. The first-order valence-corrected chi connectivity index (χ1v) is 8.12. The monoisotopic (exact) mass is 289 g/mol. The van der Waals surface area contributed by atoms with Crippen molar-refractivity contribution in [1.29, 1.82) is 0 Å². The van der Waals surface area contributed by atoms with Crippen LogP contribution in [0.3, 0.4) is 0 Å². The molecule has 1 aromatic rings. The molecule has 21 heavy (non-hydrogen) atoms. The second-order valence-corrected chi connectivity index (χ2v) is 7.04. The van der Waals surface area contributed by atoms with Gasteiger partial charge >= 0.3 is 0 Å². The molecule has 0 spiro atoms. The van der Waals surface area contributed by atoms with Crippen LogP contribution in [0.1, 0.15) is 44.4 Å². The average Bonchev–Trinajstić information content (AvgIpc) is 2.79. The molecule has 1 aromatic carbocycles. The molecule has 3 rings (SSSR count). The van der Waals surface area contributed by atoms with Crippen molar-refractivity contribution in [3.05, 3.63) is 29.3 Å². The number of benzene rings is 1. The minimum Gasteiger partial charge on any atom is -0.497 e. The zero-order valence-electron chi connectivity index (χ0n) is 13.5. The lowest BCUT2D eigenvalue weighted by Gasteiger charge is -2.45. The number of nitrogens with zero attached hydrogens (tertiary/aromatic N) is 1. The van der Waals surface area contributed by atoms with E-state index < -0.39 is 6.10 Å². The fourth-order valence-electron chi connectivity index (χ4n) is 4.20. The van der Waals surface area contributed by atoms with Crippen molar-refractivity contribution in [2.75, 3.05) is 13.7 Å². The van der Waals surface area contributed by atoms with Gasteiger partial charge in [0.2, 0.25) is 0 Å². The van der Waals surface area contributed by atoms with Gasteiger partial charge in [0.1, 0.15) is 5.75 Å². The van der Waals surface area contributed by atoms with Crippen LogP contribution >= 0.6 is 0 Å². The number of aliphatic hydroxyl groups excluding tert-OH is 1. The Bertz CT molecular complexity index is 516. The molecule has 0 amide bonds. The van der Waals surface area contributed by atoms with Crippen LogP contribution in [0.15, 0.2) is 18.2 Å². The fraction of sp³-hybridized carbons (Fsp3) is 0.667. The second kappa shape index (κ2) is 5.62. The van der Waals surface area contributed by atoms with E-state index in [1.54, 1.807) is 7.11 Å². The second-order valence-electron chi connectivity index (χ2n) is 7.04. The van der Waals surface area contributed by atoms with Crippen LogP contribution in [-0.2, 0) is 6.42 Å². The zero-order valence-corrected chi connectivity index (χ0v) is 13.5. The summed E-state index contributed by atoms with van der Waals surface area (Å²) in [5.74, 6) is 2.24. The number of rotatable bonds is 2. The van der Waals surface area contributed by atoms with E-state index in [0.29, 0.717) is 17.9 Å². The molecule has 2 aliphatic rings. The minimum atomic E-state index is -0.393. The number of methoxy groups -OCH3 is 1. The maximum absolute atomic E-state index is 10.8. The van der Waals surface area contributed by atoms with Crippen molar-refractivity contribution >= 4 is 0 Å². The maximum Gasteiger partial charge on any atom is 0.119 e. The Kier molecular flexibility index (Phi) is 3.98. The quantitative estimate of drug-likeness (QED) is 0.908. The zero-order chi connectivity index (χ0) is 15.1. The molecule has 0 radical (unpaired) electrons. The molecule has 1 saturated heterocycles. The summed E-state index contributed by atoms with van der Waals surface area (Å²) in [5, 5.41) is 10.8. The number of hydrogen-bond acceptors (Lipinski definition) is 3. The van der Waals surface area contributed by atoms with Gasteiger partial charge in [-0.15, -0.1) is 0 Å². The summed E-state index contributed by atoms with van der Waals surface area (Å²) in [6.45, 7) is 8.07. The van der Waals surface area contributed by atoms with Crippen molar-refractivity contribution in [2.24, 2.45) is 11.8 Å². The number of aliphatic hydroxyl groups is 1. The van der Waals surface area contributed by atoms with Gasteiger partial charge in [-0.2, -0.15) is 0 Å². The molecule has 1 fully saturated rings. The molecule has 116 valence electrons. The molecule has 1 aliphatic heterocycles. The largest absolute Gasteiger partial charge is 0.497 e. The predicted octanol–water partition coefficient (Wildman–Crippen LogP) is 3.02. The van der Waals surface area contributed by atoms with Crippen LogP contribution in [0.4, 0.5) is 0 Å². The maximum atomic E-state index is 10.8. The lowest BCUT2D eigenvalue weighted by atomic mass is 9.84. The van der Waals surface area contributed by atoms with Crippen molar-refractivity contribution in [3.8, 4) is 5.75 Å². The van der Waals surface area contributed by atoms with Gasteiger partial charge in [0.05, 0.1) is 13.2 Å². The van der Waals surface area contributed by atoms with Gasteiger partial charge in [-0.3, -0.25) is 4.90 Å². The van der Waals surface area contributed by atoms with Gasteiger partial charge in [0.25, 0.3) is 0 Å². The summed E-state index contributed by atoms with van der Waals surface area (Å²) in [6.07, 6.45) is 1.85. The van der Waals surface area contributed by atoms with Crippen molar-refractivity contribution in [2.45, 2.75) is 51.8 Å². The standard InChI is InChI=1S/C18H27NO2/c1-11-7-12(2)13(3)19(10-11)17-8-14-5-6-15(21-4)9-16(14)18(17)20/h5-6,9,11-13,17-18,20H,7-8,10H2,1-4H3. The normalized spacial score (nSPS) is 36.5. The van der Waals surface area contributed by atoms with E-state index in [-0.39, 0.29) is 6.04 Å². The van der Waals surface area contributed by atoms with Gasteiger partial charge in [-0.05, 0) is 54.9 Å². The summed E-state index contributed by atoms with van der Waals surface area (Å²) in [4.78, 5) is 2.54. The molecule has 3 heteroatoms. The molecule has 3 nitrogen and oxygen atoms in total. The van der Waals surface area contributed by atoms with Gasteiger partial charge in [0, 0.05) is 18.6 Å². The molecule has 1 aliphatic carbocycles. The molecule has 0 aromatic heterocycles. The summed E-state index contributed by atoms with van der Waals surface area (Å²) >= 11 is 0. The van der Waals surface area contributed by atoms with Gasteiger partial charge < -0.3 is 9.84 Å². The number of likely N-dealkylation sites (tertiary alicyclic amines) is 1. The Hall–Kier alpha value is -1.06. The van der Waals surface area contributed by atoms with E-state index in [1.165, 1.54) is 12.0 Å². The number of fused-ring (bicyclic) bond motifs is 1. The van der Waals surface area contributed by atoms with E-state index in [9.17, 15) is 5.11 Å². The molecular formula is C18H27NO2. The number of piperidine rings is 1. The third kappa shape index (κ3) is 2.58. The van der Waals surface area contributed by atoms with Crippen LogP contribution in [0.25, 0.3) is 0 Å².